The summed E-state index contributed by atoms with van der Waals surface area (Å²) in [6, 6.07) is 12.1. The van der Waals surface area contributed by atoms with Gasteiger partial charge in [0.25, 0.3) is 5.91 Å². The molecule has 5 rings (SSSR count). The number of likely N-dealkylation sites (tertiary alicyclic amines) is 1. The van der Waals surface area contributed by atoms with Crippen LogP contribution in [0, 0.1) is 0 Å². The first-order chi connectivity index (χ1) is 20.0. The molecule has 1 aromatic heterocycles. The van der Waals surface area contributed by atoms with Gasteiger partial charge in [-0.2, -0.15) is 0 Å². The highest BCUT2D eigenvalue weighted by atomic mass is 16.6. The number of imidazole rings is 1. The fourth-order valence-electron chi connectivity index (χ4n) is 5.78. The van der Waals surface area contributed by atoms with Crippen molar-refractivity contribution in [1.82, 2.24) is 18.9 Å². The zero-order valence-electron chi connectivity index (χ0n) is 25.0. The third-order valence-corrected chi connectivity index (χ3v) is 7.86. The zero-order chi connectivity index (χ0) is 30.2. The van der Waals surface area contributed by atoms with Crippen molar-refractivity contribution in [2.45, 2.75) is 58.2 Å². The molecule has 2 aliphatic heterocycles. The second kappa shape index (κ2) is 11.5. The first kappa shape index (κ1) is 29.2. The van der Waals surface area contributed by atoms with Gasteiger partial charge in [-0.15, -0.1) is 0 Å². The van der Waals surface area contributed by atoms with Crippen LogP contribution in [0.3, 0.4) is 0 Å². The van der Waals surface area contributed by atoms with Crippen LogP contribution in [-0.4, -0.2) is 75.7 Å². The van der Waals surface area contributed by atoms with Gasteiger partial charge in [0.1, 0.15) is 17.4 Å². The smallest absolute Gasteiger partial charge is 0.410 e. The number of hydrogen-bond acceptors (Lipinski definition) is 7. The van der Waals surface area contributed by atoms with Crippen LogP contribution in [0.15, 0.2) is 47.3 Å². The topological polar surface area (TPSA) is 106 Å². The average Bonchev–Trinajstić information content (AvgIpc) is 3.10. The number of fused-ring (bicyclic) bond motifs is 1. The van der Waals surface area contributed by atoms with Crippen molar-refractivity contribution >= 4 is 34.6 Å². The Morgan fingerprint density at radius 2 is 1.71 bits per heavy atom. The molecule has 42 heavy (non-hydrogen) atoms. The molecule has 1 atom stereocenters. The molecule has 1 unspecified atom stereocenters. The summed E-state index contributed by atoms with van der Waals surface area (Å²) in [5.74, 6) is 0.0537. The summed E-state index contributed by atoms with van der Waals surface area (Å²) in [5, 5.41) is 0. The molecule has 3 amide bonds. The third-order valence-electron chi connectivity index (χ3n) is 7.86. The van der Waals surface area contributed by atoms with E-state index in [2.05, 4.69) is 4.90 Å². The lowest BCUT2D eigenvalue weighted by Gasteiger charge is -2.31. The number of piperidine rings is 1. The number of imide groups is 1. The lowest BCUT2D eigenvalue weighted by molar-refractivity contribution is -0.151. The highest BCUT2D eigenvalue weighted by Gasteiger charge is 2.38. The van der Waals surface area contributed by atoms with E-state index in [0.29, 0.717) is 37.4 Å². The lowest BCUT2D eigenvalue weighted by Crippen LogP contribution is -2.47. The molecular formula is C31H39N5O6. The van der Waals surface area contributed by atoms with E-state index in [1.807, 2.05) is 51.1 Å². The Kier molecular flexibility index (Phi) is 8.03. The van der Waals surface area contributed by atoms with Crippen molar-refractivity contribution in [1.29, 1.82) is 0 Å². The van der Waals surface area contributed by atoms with Crippen LogP contribution in [0.1, 0.15) is 51.6 Å². The number of ether oxygens (including phenoxy) is 2. The molecule has 2 saturated heterocycles. The summed E-state index contributed by atoms with van der Waals surface area (Å²) < 4.78 is 13.9. The van der Waals surface area contributed by atoms with Crippen LogP contribution < -0.4 is 15.3 Å². The number of hydrogen-bond donors (Lipinski definition) is 0. The molecule has 3 aromatic rings. The molecule has 11 heteroatoms. The summed E-state index contributed by atoms with van der Waals surface area (Å²) >= 11 is 0. The number of carbonyl (C=O) groups excluding carboxylic acids is 3. The van der Waals surface area contributed by atoms with Crippen molar-refractivity contribution in [2.24, 2.45) is 7.05 Å². The number of aromatic nitrogens is 2. The molecule has 0 spiro atoms. The average molecular weight is 578 g/mol. The molecule has 0 saturated carbocycles. The fraction of sp³-hybridized carbons (Fsp3) is 0.484. The number of benzene rings is 2. The minimum absolute atomic E-state index is 0.130. The predicted octanol–water partition coefficient (Wildman–Crippen LogP) is 3.69. The van der Waals surface area contributed by atoms with Crippen molar-refractivity contribution in [2.75, 3.05) is 38.2 Å². The van der Waals surface area contributed by atoms with Gasteiger partial charge in [0, 0.05) is 39.6 Å². The van der Waals surface area contributed by atoms with Gasteiger partial charge in [-0.1, -0.05) is 18.2 Å². The minimum Gasteiger partial charge on any atom is -0.497 e. The van der Waals surface area contributed by atoms with E-state index < -0.39 is 11.6 Å². The molecule has 0 bridgehead atoms. The summed E-state index contributed by atoms with van der Waals surface area (Å²) in [5.41, 5.74) is 2.16. The Bertz CT molecular complexity index is 1550. The molecule has 11 nitrogen and oxygen atoms in total. The first-order valence-electron chi connectivity index (χ1n) is 14.4. The van der Waals surface area contributed by atoms with E-state index in [-0.39, 0.29) is 43.0 Å². The quantitative estimate of drug-likeness (QED) is 0.426. The predicted molar refractivity (Wildman–Crippen MR) is 159 cm³/mol. The minimum atomic E-state index is -0.792. The number of methoxy groups -OCH3 is 1. The van der Waals surface area contributed by atoms with E-state index in [1.54, 1.807) is 40.3 Å². The molecule has 0 radical (unpaired) electrons. The maximum Gasteiger partial charge on any atom is 0.410 e. The van der Waals surface area contributed by atoms with E-state index in [0.717, 1.165) is 23.2 Å². The fourth-order valence-corrected chi connectivity index (χ4v) is 5.78. The van der Waals surface area contributed by atoms with Crippen molar-refractivity contribution in [3.8, 4) is 5.75 Å². The Morgan fingerprint density at radius 1 is 0.976 bits per heavy atom. The first-order valence-corrected chi connectivity index (χ1v) is 14.4. The van der Waals surface area contributed by atoms with Crippen LogP contribution in [0.5, 0.6) is 5.75 Å². The van der Waals surface area contributed by atoms with E-state index in [1.165, 1.54) is 4.90 Å². The Morgan fingerprint density at radius 3 is 2.40 bits per heavy atom. The molecule has 2 aliphatic rings. The normalized spacial score (nSPS) is 18.4. The monoisotopic (exact) mass is 577 g/mol. The molecule has 2 fully saturated rings. The lowest BCUT2D eigenvalue weighted by atomic mass is 10.0. The third kappa shape index (κ3) is 5.73. The van der Waals surface area contributed by atoms with Gasteiger partial charge in [0.2, 0.25) is 5.91 Å². The van der Waals surface area contributed by atoms with E-state index in [9.17, 15) is 19.2 Å². The summed E-state index contributed by atoms with van der Waals surface area (Å²) in [7, 11) is 3.29. The van der Waals surface area contributed by atoms with E-state index in [4.69, 9.17) is 9.47 Å². The van der Waals surface area contributed by atoms with E-state index >= 15 is 0 Å². The number of para-hydroxylation sites is 1. The van der Waals surface area contributed by atoms with Gasteiger partial charge in [-0.3, -0.25) is 23.6 Å². The van der Waals surface area contributed by atoms with Crippen molar-refractivity contribution in [3.63, 3.8) is 0 Å². The van der Waals surface area contributed by atoms with Crippen molar-refractivity contribution < 1.29 is 23.9 Å². The SMILES string of the molecule is COc1ccc(CN2C(=O)CCC(n3c(=O)n(C)c4c(N5CCCN(C(=O)OC(C)(C)C)CC5)cccc43)C2=O)cc1. The van der Waals surface area contributed by atoms with Crippen LogP contribution in [0.2, 0.25) is 0 Å². The highest BCUT2D eigenvalue weighted by molar-refractivity contribution is 6.00. The second-order valence-electron chi connectivity index (χ2n) is 11.9. The Hall–Kier alpha value is -4.28. The maximum atomic E-state index is 13.8. The number of anilines is 1. The summed E-state index contributed by atoms with van der Waals surface area (Å²) in [6.45, 7) is 8.03. The zero-order valence-corrected chi connectivity index (χ0v) is 25.0. The van der Waals surface area contributed by atoms with Gasteiger partial charge in [-0.05, 0) is 63.4 Å². The van der Waals surface area contributed by atoms with Gasteiger partial charge in [0.15, 0.2) is 0 Å². The largest absolute Gasteiger partial charge is 0.497 e. The van der Waals surface area contributed by atoms with Gasteiger partial charge < -0.3 is 19.3 Å². The van der Waals surface area contributed by atoms with Crippen LogP contribution in [0.25, 0.3) is 11.0 Å². The molecule has 3 heterocycles. The molecular weight excluding hydrogens is 538 g/mol. The Labute approximate surface area is 245 Å². The standard InChI is InChI=1S/C31H39N5O6/c1-31(2,3)42-30(40)34-17-7-16-33(18-19-34)23-8-6-9-24-27(23)32(4)29(39)36(24)25-14-15-26(37)35(28(25)38)20-21-10-12-22(41-5)13-11-21/h6,8-13,25H,7,14-20H2,1-5H3. The van der Waals surface area contributed by atoms with Crippen LogP contribution >= 0.6 is 0 Å². The molecule has 224 valence electrons. The van der Waals surface area contributed by atoms with Crippen LogP contribution in [0.4, 0.5) is 10.5 Å². The van der Waals surface area contributed by atoms with Crippen LogP contribution in [-0.2, 0) is 27.9 Å². The summed E-state index contributed by atoms with van der Waals surface area (Å²) in [4.78, 5) is 58.2. The number of aryl methyl sites for hydroxylation is 1. The number of amides is 3. The number of carbonyl (C=O) groups is 3. The van der Waals surface area contributed by atoms with Gasteiger partial charge >= 0.3 is 11.8 Å². The van der Waals surface area contributed by atoms with Crippen molar-refractivity contribution in [3.05, 3.63) is 58.5 Å². The van der Waals surface area contributed by atoms with Gasteiger partial charge in [0.05, 0.1) is 30.4 Å². The van der Waals surface area contributed by atoms with Gasteiger partial charge in [-0.25, -0.2) is 9.59 Å². The second-order valence-corrected chi connectivity index (χ2v) is 11.9. The Balaban J connectivity index is 1.42. The summed E-state index contributed by atoms with van der Waals surface area (Å²) in [6.07, 6.45) is 0.843. The number of rotatable bonds is 5. The molecule has 0 N–H and O–H groups in total. The molecule has 2 aromatic carbocycles. The molecule has 0 aliphatic carbocycles. The highest BCUT2D eigenvalue weighted by Crippen LogP contribution is 2.32. The number of nitrogens with zero attached hydrogens (tertiary/aromatic N) is 5. The maximum absolute atomic E-state index is 13.8.